The molecule has 0 saturated carbocycles. The molecule has 30 heavy (non-hydrogen) atoms. The van der Waals surface area contributed by atoms with Crippen molar-refractivity contribution in [2.75, 3.05) is 33.9 Å². The zero-order valence-electron chi connectivity index (χ0n) is 18.3. The maximum Gasteiger partial charge on any atom is 0.251 e. The van der Waals surface area contributed by atoms with Crippen LogP contribution in [-0.2, 0) is 14.3 Å². The van der Waals surface area contributed by atoms with Crippen LogP contribution in [0.2, 0.25) is 0 Å². The molecule has 2 rings (SSSR count). The lowest BCUT2D eigenvalue weighted by Gasteiger charge is -2.36. The predicted octanol–water partition coefficient (Wildman–Crippen LogP) is 1.59. The van der Waals surface area contributed by atoms with Crippen LogP contribution in [0.25, 0.3) is 0 Å². The number of carbonyl (C=O) groups excluding carboxylic acids is 3. The van der Waals surface area contributed by atoms with Gasteiger partial charge in [0.1, 0.15) is 18.4 Å². The molecule has 0 radical (unpaired) electrons. The molecule has 0 bridgehead atoms. The summed E-state index contributed by atoms with van der Waals surface area (Å²) in [5, 5.41) is 5.90. The summed E-state index contributed by atoms with van der Waals surface area (Å²) >= 11 is 0. The quantitative estimate of drug-likeness (QED) is 0.634. The third kappa shape index (κ3) is 6.45. The number of hydrogen-bond donors (Lipinski definition) is 2. The van der Waals surface area contributed by atoms with Gasteiger partial charge < -0.3 is 25.0 Å². The zero-order chi connectivity index (χ0) is 22.1. The smallest absolute Gasteiger partial charge is 0.251 e. The van der Waals surface area contributed by atoms with E-state index in [0.717, 1.165) is 6.42 Å². The number of likely N-dealkylation sites (tertiary alicyclic amines) is 1. The molecule has 3 amide bonds. The lowest BCUT2D eigenvalue weighted by molar-refractivity contribution is -0.136. The Hall–Kier alpha value is -2.61. The van der Waals surface area contributed by atoms with E-state index in [1.54, 1.807) is 36.3 Å². The minimum atomic E-state index is -0.659. The summed E-state index contributed by atoms with van der Waals surface area (Å²) in [6.07, 6.45) is 2.07. The fourth-order valence-corrected chi connectivity index (χ4v) is 3.50. The van der Waals surface area contributed by atoms with Gasteiger partial charge in [0.25, 0.3) is 5.91 Å². The first-order chi connectivity index (χ1) is 14.4. The summed E-state index contributed by atoms with van der Waals surface area (Å²) in [4.78, 5) is 39.5. The van der Waals surface area contributed by atoms with Gasteiger partial charge in [-0.1, -0.05) is 6.92 Å². The second kappa shape index (κ2) is 11.5. The predicted molar refractivity (Wildman–Crippen MR) is 113 cm³/mol. The number of ether oxygens (including phenoxy) is 2. The van der Waals surface area contributed by atoms with Crippen molar-refractivity contribution in [3.05, 3.63) is 29.8 Å². The van der Waals surface area contributed by atoms with Crippen molar-refractivity contribution in [2.45, 2.75) is 45.2 Å². The van der Waals surface area contributed by atoms with Gasteiger partial charge >= 0.3 is 0 Å². The van der Waals surface area contributed by atoms with Crippen molar-refractivity contribution in [3.63, 3.8) is 0 Å². The third-order valence-corrected chi connectivity index (χ3v) is 5.55. The molecule has 166 valence electrons. The minimum absolute atomic E-state index is 0.0151. The van der Waals surface area contributed by atoms with E-state index in [0.29, 0.717) is 37.2 Å². The molecule has 1 aliphatic heterocycles. The lowest BCUT2D eigenvalue weighted by atomic mass is 9.88. The van der Waals surface area contributed by atoms with Crippen LogP contribution in [0.3, 0.4) is 0 Å². The average Bonchev–Trinajstić information content (AvgIpc) is 2.77. The summed E-state index contributed by atoms with van der Waals surface area (Å²) in [5.41, 5.74) is 0.463. The highest BCUT2D eigenvalue weighted by molar-refractivity contribution is 5.97. The van der Waals surface area contributed by atoms with Crippen LogP contribution in [0.4, 0.5) is 0 Å². The molecule has 1 aliphatic rings. The highest BCUT2D eigenvalue weighted by Gasteiger charge is 2.34. The number of rotatable bonds is 9. The molecule has 8 nitrogen and oxygen atoms in total. The second-order valence-corrected chi connectivity index (χ2v) is 7.65. The van der Waals surface area contributed by atoms with Gasteiger partial charge in [-0.25, -0.2) is 0 Å². The van der Waals surface area contributed by atoms with Gasteiger partial charge in [0, 0.05) is 31.8 Å². The fraction of sp³-hybridized carbons (Fsp3) is 0.591. The van der Waals surface area contributed by atoms with Crippen molar-refractivity contribution in [1.29, 1.82) is 0 Å². The van der Waals surface area contributed by atoms with Crippen LogP contribution < -0.4 is 15.4 Å². The van der Waals surface area contributed by atoms with Crippen molar-refractivity contribution in [2.24, 2.45) is 5.92 Å². The summed E-state index contributed by atoms with van der Waals surface area (Å²) in [5.74, 6) is 0.0557. The van der Waals surface area contributed by atoms with E-state index in [1.807, 2.05) is 13.8 Å². The summed E-state index contributed by atoms with van der Waals surface area (Å²) in [6, 6.07) is 6.12. The molecule has 1 saturated heterocycles. The zero-order valence-corrected chi connectivity index (χ0v) is 18.3. The molecule has 1 fully saturated rings. The molecule has 1 heterocycles. The maximum absolute atomic E-state index is 13.0. The molecule has 2 atom stereocenters. The number of carbonyl (C=O) groups is 3. The number of nitrogens with one attached hydrogen (secondary N) is 2. The van der Waals surface area contributed by atoms with Gasteiger partial charge in [-0.3, -0.25) is 14.4 Å². The van der Waals surface area contributed by atoms with Crippen LogP contribution in [-0.4, -0.2) is 68.6 Å². The number of amides is 3. The van der Waals surface area contributed by atoms with E-state index >= 15 is 0 Å². The third-order valence-electron chi connectivity index (χ3n) is 5.55. The van der Waals surface area contributed by atoms with Gasteiger partial charge in [0.05, 0.1) is 7.11 Å². The number of hydrogen-bond acceptors (Lipinski definition) is 5. The molecule has 2 N–H and O–H groups in total. The minimum Gasteiger partial charge on any atom is -0.497 e. The highest BCUT2D eigenvalue weighted by atomic mass is 16.5. The molecule has 8 heteroatoms. The SMILES string of the molecule is CCC(C)NC(=O)C(NC(=O)c1ccc(OC)cc1)C1CCN(C(=O)COC)CC1. The van der Waals surface area contributed by atoms with Gasteiger partial charge in [0.2, 0.25) is 11.8 Å². The van der Waals surface area contributed by atoms with E-state index in [2.05, 4.69) is 10.6 Å². The molecule has 1 aromatic carbocycles. The van der Waals surface area contributed by atoms with E-state index in [1.165, 1.54) is 7.11 Å². The van der Waals surface area contributed by atoms with Crippen molar-refractivity contribution in [1.82, 2.24) is 15.5 Å². The lowest BCUT2D eigenvalue weighted by Crippen LogP contribution is -2.55. The Morgan fingerprint density at radius 3 is 2.27 bits per heavy atom. The van der Waals surface area contributed by atoms with Crippen molar-refractivity contribution >= 4 is 17.7 Å². The van der Waals surface area contributed by atoms with Crippen LogP contribution in [0.1, 0.15) is 43.5 Å². The largest absolute Gasteiger partial charge is 0.497 e. The number of benzene rings is 1. The standard InChI is InChI=1S/C22H33N3O5/c1-5-15(2)23-22(28)20(16-10-12-25(13-11-16)19(26)14-29-3)24-21(27)17-6-8-18(30-4)9-7-17/h6-9,15-16,20H,5,10-14H2,1-4H3,(H,23,28)(H,24,27). The molecular formula is C22H33N3O5. The van der Waals surface area contributed by atoms with Crippen LogP contribution in [0, 0.1) is 5.92 Å². The maximum atomic E-state index is 13.0. The first-order valence-electron chi connectivity index (χ1n) is 10.4. The van der Waals surface area contributed by atoms with Crippen molar-refractivity contribution in [3.8, 4) is 5.75 Å². The van der Waals surface area contributed by atoms with E-state index in [-0.39, 0.29) is 36.3 Å². The van der Waals surface area contributed by atoms with Crippen LogP contribution in [0.5, 0.6) is 5.75 Å². The highest BCUT2D eigenvalue weighted by Crippen LogP contribution is 2.22. The normalized spacial score (nSPS) is 16.5. The molecular weight excluding hydrogens is 386 g/mol. The van der Waals surface area contributed by atoms with Gasteiger partial charge in [0.15, 0.2) is 0 Å². The van der Waals surface area contributed by atoms with Crippen LogP contribution in [0.15, 0.2) is 24.3 Å². The van der Waals surface area contributed by atoms with E-state index in [9.17, 15) is 14.4 Å². The molecule has 0 spiro atoms. The summed E-state index contributed by atoms with van der Waals surface area (Å²) < 4.78 is 10.1. The Morgan fingerprint density at radius 2 is 1.73 bits per heavy atom. The number of piperidine rings is 1. The number of methoxy groups -OCH3 is 2. The van der Waals surface area contributed by atoms with Crippen LogP contribution >= 0.6 is 0 Å². The van der Waals surface area contributed by atoms with Gasteiger partial charge in [-0.2, -0.15) is 0 Å². The van der Waals surface area contributed by atoms with Crippen molar-refractivity contribution < 1.29 is 23.9 Å². The Morgan fingerprint density at radius 1 is 1.10 bits per heavy atom. The Kier molecular flexibility index (Phi) is 9.11. The molecule has 2 unspecified atom stereocenters. The molecule has 0 aromatic heterocycles. The first kappa shape index (κ1) is 23.7. The monoisotopic (exact) mass is 419 g/mol. The van der Waals surface area contributed by atoms with E-state index < -0.39 is 6.04 Å². The average molecular weight is 420 g/mol. The summed E-state index contributed by atoms with van der Waals surface area (Å²) in [7, 11) is 3.06. The van der Waals surface area contributed by atoms with E-state index in [4.69, 9.17) is 9.47 Å². The second-order valence-electron chi connectivity index (χ2n) is 7.65. The number of nitrogens with zero attached hydrogens (tertiary/aromatic N) is 1. The summed E-state index contributed by atoms with van der Waals surface area (Å²) in [6.45, 7) is 5.07. The van der Waals surface area contributed by atoms with Gasteiger partial charge in [-0.15, -0.1) is 0 Å². The fourth-order valence-electron chi connectivity index (χ4n) is 3.50. The Bertz CT molecular complexity index is 714. The Balaban J connectivity index is 2.09. The first-order valence-corrected chi connectivity index (χ1v) is 10.4. The topological polar surface area (TPSA) is 97.0 Å². The molecule has 0 aliphatic carbocycles. The Labute approximate surface area is 178 Å². The molecule has 1 aromatic rings. The van der Waals surface area contributed by atoms with Gasteiger partial charge in [-0.05, 0) is 56.4 Å².